The van der Waals surface area contributed by atoms with E-state index in [0.717, 1.165) is 16.7 Å². The molecule has 0 amide bonds. The van der Waals surface area contributed by atoms with Gasteiger partial charge in [-0.2, -0.15) is 17.9 Å². The summed E-state index contributed by atoms with van der Waals surface area (Å²) in [4.78, 5) is 16.6. The monoisotopic (exact) mass is 437 g/mol. The quantitative estimate of drug-likeness (QED) is 0.489. The zero-order chi connectivity index (χ0) is 21.7. The fourth-order valence-corrected chi connectivity index (χ4v) is 3.94. The van der Waals surface area contributed by atoms with Crippen LogP contribution in [-0.4, -0.2) is 37.9 Å². The molecule has 0 N–H and O–H groups in total. The van der Waals surface area contributed by atoms with Crippen LogP contribution in [0.2, 0.25) is 0 Å². The molecule has 0 fully saturated rings. The van der Waals surface area contributed by atoms with E-state index in [1.807, 2.05) is 0 Å². The van der Waals surface area contributed by atoms with E-state index in [0.29, 0.717) is 16.4 Å². The van der Waals surface area contributed by atoms with Gasteiger partial charge in [0.15, 0.2) is 21.3 Å². The van der Waals surface area contributed by atoms with Gasteiger partial charge in [0.1, 0.15) is 4.90 Å². The Kier molecular flexibility index (Phi) is 4.53. The van der Waals surface area contributed by atoms with Gasteiger partial charge in [-0.15, -0.1) is 5.10 Å². The molecule has 8 nitrogen and oxygen atoms in total. The SMILES string of the molecule is CCS(=O)(=O)c1cc(-n2cccc2)cnc1-n1nc2cc(C(F)(F)F)ccn2c1=O. The van der Waals surface area contributed by atoms with Gasteiger partial charge < -0.3 is 4.57 Å². The number of rotatable bonds is 4. The highest BCUT2D eigenvalue weighted by atomic mass is 32.2. The van der Waals surface area contributed by atoms with Crippen molar-refractivity contribution in [1.29, 1.82) is 0 Å². The molecule has 0 saturated carbocycles. The van der Waals surface area contributed by atoms with Gasteiger partial charge in [-0.1, -0.05) is 6.92 Å². The first-order valence-corrected chi connectivity index (χ1v) is 10.3. The number of fused-ring (bicyclic) bond motifs is 1. The predicted molar refractivity (Wildman–Crippen MR) is 101 cm³/mol. The second-order valence-corrected chi connectivity index (χ2v) is 8.59. The summed E-state index contributed by atoms with van der Waals surface area (Å²) in [5, 5.41) is 3.89. The zero-order valence-electron chi connectivity index (χ0n) is 15.4. The normalized spacial score (nSPS) is 12.5. The lowest BCUT2D eigenvalue weighted by atomic mass is 10.2. The molecule has 0 aromatic carbocycles. The fourth-order valence-electron chi connectivity index (χ4n) is 2.91. The summed E-state index contributed by atoms with van der Waals surface area (Å²) in [6.07, 6.45) is 1.05. The second kappa shape index (κ2) is 6.83. The lowest BCUT2D eigenvalue weighted by Crippen LogP contribution is -2.23. The first kappa shape index (κ1) is 19.9. The second-order valence-electron chi connectivity index (χ2n) is 6.34. The first-order chi connectivity index (χ1) is 14.1. The van der Waals surface area contributed by atoms with Crippen LogP contribution < -0.4 is 5.69 Å². The minimum absolute atomic E-state index is 0.252. The molecule has 0 aliphatic carbocycles. The van der Waals surface area contributed by atoms with E-state index in [1.54, 1.807) is 29.1 Å². The topological polar surface area (TPSA) is 91.3 Å². The molecule has 0 radical (unpaired) electrons. The van der Waals surface area contributed by atoms with Crippen molar-refractivity contribution < 1.29 is 21.6 Å². The lowest BCUT2D eigenvalue weighted by molar-refractivity contribution is -0.137. The standard InChI is InChI=1S/C18H14F3N5O3S/c1-2-30(28,29)14-10-13(24-6-3-4-7-24)11-22-16(14)26-17(27)25-8-5-12(18(19,20)21)9-15(25)23-26/h3-11H,2H2,1H3. The average Bonchev–Trinajstić information content (AvgIpc) is 3.35. The van der Waals surface area contributed by atoms with Crippen LogP contribution in [0.4, 0.5) is 13.2 Å². The van der Waals surface area contributed by atoms with E-state index in [-0.39, 0.29) is 22.1 Å². The third-order valence-electron chi connectivity index (χ3n) is 4.49. The molecule has 4 heterocycles. The van der Waals surface area contributed by atoms with Crippen molar-refractivity contribution in [2.24, 2.45) is 0 Å². The molecule has 4 rings (SSSR count). The van der Waals surface area contributed by atoms with Gasteiger partial charge in [0.2, 0.25) is 0 Å². The van der Waals surface area contributed by atoms with Crippen LogP contribution in [-0.2, 0) is 16.0 Å². The van der Waals surface area contributed by atoms with E-state index in [2.05, 4.69) is 10.1 Å². The number of sulfone groups is 1. The Labute approximate surface area is 167 Å². The summed E-state index contributed by atoms with van der Waals surface area (Å²) in [5.41, 5.74) is -1.67. The summed E-state index contributed by atoms with van der Waals surface area (Å²) in [7, 11) is -3.84. The summed E-state index contributed by atoms with van der Waals surface area (Å²) in [6.45, 7) is 1.43. The number of nitrogens with zero attached hydrogens (tertiary/aromatic N) is 5. The molecule has 0 saturated heterocycles. The van der Waals surface area contributed by atoms with E-state index in [9.17, 15) is 26.4 Å². The van der Waals surface area contributed by atoms with Crippen LogP contribution in [0.3, 0.4) is 0 Å². The Bertz CT molecular complexity index is 1400. The largest absolute Gasteiger partial charge is 0.416 e. The number of hydrogen-bond acceptors (Lipinski definition) is 5. The first-order valence-electron chi connectivity index (χ1n) is 8.67. The molecule has 0 unspecified atom stereocenters. The third-order valence-corrected chi connectivity index (χ3v) is 6.22. The van der Waals surface area contributed by atoms with Crippen molar-refractivity contribution in [3.63, 3.8) is 0 Å². The van der Waals surface area contributed by atoms with Crippen molar-refractivity contribution in [2.75, 3.05) is 5.75 Å². The summed E-state index contributed by atoms with van der Waals surface area (Å²) < 4.78 is 67.5. The highest BCUT2D eigenvalue weighted by Crippen LogP contribution is 2.29. The van der Waals surface area contributed by atoms with Crippen LogP contribution in [0, 0.1) is 0 Å². The number of halogens is 3. The number of pyridine rings is 2. The molecular formula is C18H14F3N5O3S. The lowest BCUT2D eigenvalue weighted by Gasteiger charge is -2.10. The maximum absolute atomic E-state index is 13.0. The molecule has 0 spiro atoms. The van der Waals surface area contributed by atoms with Crippen LogP contribution in [0.5, 0.6) is 0 Å². The van der Waals surface area contributed by atoms with Gasteiger partial charge >= 0.3 is 11.9 Å². The highest BCUT2D eigenvalue weighted by molar-refractivity contribution is 7.91. The molecule has 0 atom stereocenters. The zero-order valence-corrected chi connectivity index (χ0v) is 16.2. The van der Waals surface area contributed by atoms with E-state index >= 15 is 0 Å². The van der Waals surface area contributed by atoms with Crippen LogP contribution in [0.1, 0.15) is 12.5 Å². The Balaban J connectivity index is 1.97. The van der Waals surface area contributed by atoms with Crippen molar-refractivity contribution in [3.05, 3.63) is 71.2 Å². The van der Waals surface area contributed by atoms with Gasteiger partial charge in [-0.25, -0.2) is 22.6 Å². The summed E-state index contributed by atoms with van der Waals surface area (Å²) in [5.74, 6) is -0.549. The van der Waals surface area contributed by atoms with Crippen LogP contribution in [0.25, 0.3) is 17.2 Å². The number of aromatic nitrogens is 5. The Morgan fingerprint density at radius 3 is 2.43 bits per heavy atom. The summed E-state index contributed by atoms with van der Waals surface area (Å²) >= 11 is 0. The Morgan fingerprint density at radius 1 is 1.10 bits per heavy atom. The predicted octanol–water partition coefficient (Wildman–Crippen LogP) is 2.48. The molecule has 0 aliphatic rings. The van der Waals surface area contributed by atoms with Crippen molar-refractivity contribution in [2.45, 2.75) is 18.0 Å². The Morgan fingerprint density at radius 2 is 1.80 bits per heavy atom. The van der Waals surface area contributed by atoms with Crippen molar-refractivity contribution in [3.8, 4) is 11.5 Å². The molecular weight excluding hydrogens is 423 g/mol. The maximum atomic E-state index is 13.0. The molecule has 4 aromatic rings. The molecule has 12 heteroatoms. The van der Waals surface area contributed by atoms with E-state index in [1.165, 1.54) is 19.2 Å². The minimum atomic E-state index is -4.62. The van der Waals surface area contributed by atoms with Gasteiger partial charge in [0.05, 0.1) is 23.2 Å². The van der Waals surface area contributed by atoms with Gasteiger partial charge in [-0.3, -0.25) is 0 Å². The van der Waals surface area contributed by atoms with Gasteiger partial charge in [0, 0.05) is 18.6 Å². The average molecular weight is 437 g/mol. The highest BCUT2D eigenvalue weighted by Gasteiger charge is 2.31. The van der Waals surface area contributed by atoms with Crippen LogP contribution >= 0.6 is 0 Å². The maximum Gasteiger partial charge on any atom is 0.416 e. The van der Waals surface area contributed by atoms with Gasteiger partial charge in [-0.05, 0) is 30.3 Å². The molecule has 156 valence electrons. The van der Waals surface area contributed by atoms with Crippen LogP contribution in [0.15, 0.2) is 64.8 Å². The minimum Gasteiger partial charge on any atom is -0.322 e. The molecule has 0 bridgehead atoms. The fraction of sp³-hybridized carbons (Fsp3) is 0.167. The molecule has 0 aliphatic heterocycles. The Hall–Kier alpha value is -3.41. The summed E-state index contributed by atoms with van der Waals surface area (Å²) in [6, 6.07) is 6.28. The smallest absolute Gasteiger partial charge is 0.322 e. The van der Waals surface area contributed by atoms with E-state index < -0.39 is 27.3 Å². The number of hydrogen-bond donors (Lipinski definition) is 0. The number of alkyl halides is 3. The van der Waals surface area contributed by atoms with Crippen molar-refractivity contribution >= 4 is 15.5 Å². The van der Waals surface area contributed by atoms with Gasteiger partial charge in [0.25, 0.3) is 0 Å². The molecule has 4 aromatic heterocycles. The molecule has 30 heavy (non-hydrogen) atoms. The van der Waals surface area contributed by atoms with E-state index in [4.69, 9.17) is 0 Å². The van der Waals surface area contributed by atoms with Crippen molar-refractivity contribution in [1.82, 2.24) is 23.7 Å². The third kappa shape index (κ3) is 3.28.